The van der Waals surface area contributed by atoms with Crippen molar-refractivity contribution in [3.8, 4) is 34.5 Å². The van der Waals surface area contributed by atoms with E-state index < -0.39 is 0 Å². The summed E-state index contributed by atoms with van der Waals surface area (Å²) in [5.74, 6) is 3.15. The van der Waals surface area contributed by atoms with E-state index in [1.54, 1.807) is 14.2 Å². The number of pyridine rings is 1. The molecule has 0 atom stereocenters. The number of hydrogen-bond donors (Lipinski definition) is 0. The van der Waals surface area contributed by atoms with Gasteiger partial charge in [-0.2, -0.15) is 0 Å². The van der Waals surface area contributed by atoms with Gasteiger partial charge in [-0.25, -0.2) is 15.0 Å². The first kappa shape index (κ1) is 26.5. The van der Waals surface area contributed by atoms with Gasteiger partial charge in [0.15, 0.2) is 11.6 Å². The first-order valence-electron chi connectivity index (χ1n) is 9.58. The van der Waals surface area contributed by atoms with Gasteiger partial charge in [-0.05, 0) is 36.4 Å². The zero-order chi connectivity index (χ0) is 20.8. The summed E-state index contributed by atoms with van der Waals surface area (Å²) in [5.41, 5.74) is 5.35. The van der Waals surface area contributed by atoms with Crippen molar-refractivity contribution in [1.82, 2.24) is 24.1 Å². The van der Waals surface area contributed by atoms with Crippen LogP contribution in [-0.4, -0.2) is 38.3 Å². The summed E-state index contributed by atoms with van der Waals surface area (Å²) >= 11 is 0. The molecule has 0 N–H and O–H groups in total. The number of imidazole rings is 2. The summed E-state index contributed by atoms with van der Waals surface area (Å²) in [6.45, 7) is 0. The number of aryl methyl sites for hydroxylation is 2. The quantitative estimate of drug-likeness (QED) is 0.280. The van der Waals surface area contributed by atoms with Gasteiger partial charge in [0, 0.05) is 26.2 Å². The molecular weight excluding hydrogens is 500 g/mol. The van der Waals surface area contributed by atoms with E-state index in [4.69, 9.17) is 24.4 Å². The van der Waals surface area contributed by atoms with Crippen LogP contribution in [0.1, 0.15) is 0 Å². The Morgan fingerprint density at radius 3 is 1.45 bits per heavy atom. The topological polar surface area (TPSA) is 67.0 Å². The maximum Gasteiger partial charge on any atom is 2.00 e. The van der Waals surface area contributed by atoms with Gasteiger partial charge in [0.05, 0.1) is 36.3 Å². The number of methoxy groups -OCH3 is 2. The van der Waals surface area contributed by atoms with Crippen LogP contribution < -0.4 is 34.3 Å². The Morgan fingerprint density at radius 2 is 1.06 bits per heavy atom. The van der Waals surface area contributed by atoms with Crippen LogP contribution in [0.3, 0.4) is 0 Å². The normalized spacial score (nSPS) is 10.3. The third kappa shape index (κ3) is 4.55. The Labute approximate surface area is 215 Å². The molecule has 5 aromatic rings. The Bertz CT molecular complexity index is 1310. The standard InChI is InChI=1S/C23H21N5O2.2ClH.V/c1-27-20-10-8-14(29-3)12-18(20)25-22(27)16-6-5-7-17(24-16)23-26-19-13-15(30-4)9-11-21(19)28(23)2;;;/h5-13H,1-4H3;2*1H;/q;;;+2/p-2. The van der Waals surface area contributed by atoms with Crippen molar-refractivity contribution in [2.24, 2.45) is 14.1 Å². The Balaban J connectivity index is 0.00000128. The molecule has 0 unspecified atom stereocenters. The van der Waals surface area contributed by atoms with E-state index in [2.05, 4.69) is 0 Å². The molecule has 0 aliphatic rings. The minimum absolute atomic E-state index is 0. The minimum atomic E-state index is 0. The van der Waals surface area contributed by atoms with Crippen LogP contribution in [0.5, 0.6) is 11.5 Å². The monoisotopic (exact) mass is 520 g/mol. The molecule has 0 fully saturated rings. The molecule has 1 radical (unpaired) electrons. The van der Waals surface area contributed by atoms with Crippen molar-refractivity contribution in [2.75, 3.05) is 14.2 Å². The number of hydrogen-bond acceptors (Lipinski definition) is 5. The van der Waals surface area contributed by atoms with E-state index in [0.717, 1.165) is 56.6 Å². The fourth-order valence-electron chi connectivity index (χ4n) is 3.76. The van der Waals surface area contributed by atoms with Crippen molar-refractivity contribution in [2.45, 2.75) is 0 Å². The second kappa shape index (κ2) is 10.5. The maximum atomic E-state index is 5.33. The van der Waals surface area contributed by atoms with Crippen molar-refractivity contribution in [1.29, 1.82) is 0 Å². The molecule has 0 bridgehead atoms. The van der Waals surface area contributed by atoms with Crippen molar-refractivity contribution in [3.05, 3.63) is 54.6 Å². The second-order valence-corrected chi connectivity index (χ2v) is 7.11. The SMILES string of the molecule is COc1ccc2c(c1)nc(-c1cccc(-c3nc4cc(OC)ccc4n3C)n1)n2C.[Cl-].[Cl-].[V+2]. The third-order valence-electron chi connectivity index (χ3n) is 5.38. The van der Waals surface area contributed by atoms with Crippen molar-refractivity contribution < 1.29 is 52.8 Å². The molecule has 2 aromatic carbocycles. The zero-order valence-corrected chi connectivity index (χ0v) is 21.4. The van der Waals surface area contributed by atoms with Gasteiger partial charge in [-0.3, -0.25) is 0 Å². The largest absolute Gasteiger partial charge is 2.00 e. The van der Waals surface area contributed by atoms with Gasteiger partial charge in [0.25, 0.3) is 0 Å². The first-order chi connectivity index (χ1) is 14.6. The molecule has 33 heavy (non-hydrogen) atoms. The molecule has 10 heteroatoms. The molecule has 0 aliphatic heterocycles. The molecule has 7 nitrogen and oxygen atoms in total. The summed E-state index contributed by atoms with van der Waals surface area (Å²) in [6, 6.07) is 17.7. The molecule has 169 valence electrons. The van der Waals surface area contributed by atoms with E-state index in [-0.39, 0.29) is 43.4 Å². The van der Waals surface area contributed by atoms with E-state index in [1.165, 1.54) is 0 Å². The van der Waals surface area contributed by atoms with Crippen LogP contribution in [0.25, 0.3) is 45.1 Å². The van der Waals surface area contributed by atoms with Crippen LogP contribution >= 0.6 is 0 Å². The number of nitrogens with zero attached hydrogens (tertiary/aromatic N) is 5. The predicted octanol–water partition coefficient (Wildman–Crippen LogP) is -1.79. The Hall–Kier alpha value is -2.71. The van der Waals surface area contributed by atoms with Gasteiger partial charge in [-0.15, -0.1) is 0 Å². The van der Waals surface area contributed by atoms with E-state index in [1.807, 2.05) is 77.8 Å². The summed E-state index contributed by atoms with van der Waals surface area (Å²) in [6.07, 6.45) is 0. The number of ether oxygens (including phenoxy) is 2. The van der Waals surface area contributed by atoms with Gasteiger partial charge in [0.2, 0.25) is 0 Å². The molecular formula is C23H21Cl2N5O2V. The molecule has 0 saturated carbocycles. The van der Waals surface area contributed by atoms with E-state index >= 15 is 0 Å². The van der Waals surface area contributed by atoms with Gasteiger partial charge >= 0.3 is 18.6 Å². The number of rotatable bonds is 4. The van der Waals surface area contributed by atoms with Gasteiger partial charge in [0.1, 0.15) is 22.9 Å². The predicted molar refractivity (Wildman–Crippen MR) is 117 cm³/mol. The maximum absolute atomic E-state index is 5.33. The zero-order valence-electron chi connectivity index (χ0n) is 18.5. The molecule has 0 amide bonds. The van der Waals surface area contributed by atoms with Crippen LogP contribution in [0, 0.1) is 0 Å². The molecule has 0 aliphatic carbocycles. The molecule has 3 heterocycles. The average molecular weight is 521 g/mol. The van der Waals surface area contributed by atoms with Crippen LogP contribution in [0.2, 0.25) is 0 Å². The first-order valence-corrected chi connectivity index (χ1v) is 9.58. The smallest absolute Gasteiger partial charge is 1.00 e. The molecule has 0 saturated heterocycles. The summed E-state index contributed by atoms with van der Waals surface area (Å²) in [5, 5.41) is 0. The Kier molecular flexibility index (Phi) is 8.43. The molecule has 3 aromatic heterocycles. The summed E-state index contributed by atoms with van der Waals surface area (Å²) in [7, 11) is 7.30. The average Bonchev–Trinajstić information content (AvgIpc) is 3.30. The second-order valence-electron chi connectivity index (χ2n) is 7.11. The summed E-state index contributed by atoms with van der Waals surface area (Å²) < 4.78 is 14.7. The molecule has 0 spiro atoms. The van der Waals surface area contributed by atoms with Crippen molar-refractivity contribution in [3.63, 3.8) is 0 Å². The summed E-state index contributed by atoms with van der Waals surface area (Å²) in [4.78, 5) is 14.5. The van der Waals surface area contributed by atoms with Gasteiger partial charge < -0.3 is 43.4 Å². The van der Waals surface area contributed by atoms with Crippen LogP contribution in [0.15, 0.2) is 54.6 Å². The Morgan fingerprint density at radius 1 is 0.636 bits per heavy atom. The van der Waals surface area contributed by atoms with E-state index in [0.29, 0.717) is 0 Å². The van der Waals surface area contributed by atoms with Gasteiger partial charge in [-0.1, -0.05) is 6.07 Å². The number of halogens is 2. The van der Waals surface area contributed by atoms with Crippen LogP contribution in [0.4, 0.5) is 0 Å². The molecule has 5 rings (SSSR count). The van der Waals surface area contributed by atoms with E-state index in [9.17, 15) is 0 Å². The fraction of sp³-hybridized carbons (Fsp3) is 0.174. The number of fused-ring (bicyclic) bond motifs is 2. The third-order valence-corrected chi connectivity index (χ3v) is 5.38. The minimum Gasteiger partial charge on any atom is -1.00 e. The fourth-order valence-corrected chi connectivity index (χ4v) is 3.76. The van der Waals surface area contributed by atoms with Crippen LogP contribution in [-0.2, 0) is 32.7 Å². The van der Waals surface area contributed by atoms with Crippen molar-refractivity contribution >= 4 is 22.1 Å². The number of aromatic nitrogens is 5. The number of benzene rings is 2.